The summed E-state index contributed by atoms with van der Waals surface area (Å²) in [6, 6.07) is 2.35. The van der Waals surface area contributed by atoms with Crippen LogP contribution in [0.3, 0.4) is 0 Å². The SMILES string of the molecule is CC1CCCC(SCC2(CC#N)CC2)C1. The maximum Gasteiger partial charge on any atom is 0.0627 e. The van der Waals surface area contributed by atoms with Crippen LogP contribution in [0.2, 0.25) is 0 Å². The number of nitrogens with zero attached hydrogens (tertiary/aromatic N) is 1. The Labute approximate surface area is 97.6 Å². The first-order chi connectivity index (χ1) is 7.24. The zero-order chi connectivity index (χ0) is 10.7. The van der Waals surface area contributed by atoms with E-state index in [2.05, 4.69) is 24.8 Å². The van der Waals surface area contributed by atoms with Crippen molar-refractivity contribution >= 4 is 11.8 Å². The molecule has 2 atom stereocenters. The Morgan fingerprint density at radius 1 is 1.40 bits per heavy atom. The second kappa shape index (κ2) is 4.78. The summed E-state index contributed by atoms with van der Waals surface area (Å²) in [5.74, 6) is 2.18. The lowest BCUT2D eigenvalue weighted by Crippen LogP contribution is -2.17. The van der Waals surface area contributed by atoms with Crippen molar-refractivity contribution in [3.05, 3.63) is 0 Å². The van der Waals surface area contributed by atoms with E-state index in [0.717, 1.165) is 17.6 Å². The first kappa shape index (κ1) is 11.3. The van der Waals surface area contributed by atoms with E-state index in [0.29, 0.717) is 5.41 Å². The fraction of sp³-hybridized carbons (Fsp3) is 0.923. The number of rotatable bonds is 4. The maximum absolute atomic E-state index is 8.76. The van der Waals surface area contributed by atoms with Gasteiger partial charge in [0.05, 0.1) is 6.07 Å². The van der Waals surface area contributed by atoms with Gasteiger partial charge in [0, 0.05) is 17.4 Å². The van der Waals surface area contributed by atoms with Crippen LogP contribution in [0.5, 0.6) is 0 Å². The summed E-state index contributed by atoms with van der Waals surface area (Å²) in [4.78, 5) is 0. The Kier molecular flexibility index (Phi) is 3.61. The molecule has 1 nitrogen and oxygen atoms in total. The Morgan fingerprint density at radius 3 is 2.80 bits per heavy atom. The molecular weight excluding hydrogens is 202 g/mol. The van der Waals surface area contributed by atoms with Gasteiger partial charge >= 0.3 is 0 Å². The third kappa shape index (κ3) is 3.14. The van der Waals surface area contributed by atoms with Gasteiger partial charge in [0.15, 0.2) is 0 Å². The zero-order valence-electron chi connectivity index (χ0n) is 9.67. The molecule has 0 radical (unpaired) electrons. The number of nitriles is 1. The third-order valence-electron chi connectivity index (χ3n) is 3.92. The molecule has 2 rings (SSSR count). The highest BCUT2D eigenvalue weighted by Crippen LogP contribution is 2.52. The van der Waals surface area contributed by atoms with Crippen molar-refractivity contribution < 1.29 is 0 Å². The zero-order valence-corrected chi connectivity index (χ0v) is 10.5. The predicted octanol–water partition coefficient (Wildman–Crippen LogP) is 3.99. The number of hydrogen-bond acceptors (Lipinski definition) is 2. The van der Waals surface area contributed by atoms with Crippen molar-refractivity contribution in [2.24, 2.45) is 11.3 Å². The maximum atomic E-state index is 8.76. The highest BCUT2D eigenvalue weighted by molar-refractivity contribution is 7.99. The molecular formula is C13H21NS. The summed E-state index contributed by atoms with van der Waals surface area (Å²) >= 11 is 2.16. The summed E-state index contributed by atoms with van der Waals surface area (Å²) in [7, 11) is 0. The van der Waals surface area contributed by atoms with E-state index in [-0.39, 0.29) is 0 Å². The van der Waals surface area contributed by atoms with Gasteiger partial charge in [-0.1, -0.05) is 19.8 Å². The molecule has 15 heavy (non-hydrogen) atoms. The minimum absolute atomic E-state index is 0.445. The minimum atomic E-state index is 0.445. The molecule has 84 valence electrons. The number of thioether (sulfide) groups is 1. The van der Waals surface area contributed by atoms with Gasteiger partial charge in [-0.15, -0.1) is 0 Å². The van der Waals surface area contributed by atoms with E-state index in [1.165, 1.54) is 44.3 Å². The smallest absolute Gasteiger partial charge is 0.0627 e. The van der Waals surface area contributed by atoms with Crippen LogP contribution in [0.25, 0.3) is 0 Å². The Morgan fingerprint density at radius 2 is 2.20 bits per heavy atom. The fourth-order valence-electron chi connectivity index (χ4n) is 2.54. The van der Waals surface area contributed by atoms with Crippen LogP contribution in [-0.2, 0) is 0 Å². The first-order valence-electron chi connectivity index (χ1n) is 6.23. The molecule has 0 heterocycles. The molecule has 2 heteroatoms. The topological polar surface area (TPSA) is 23.8 Å². The van der Waals surface area contributed by atoms with Crippen LogP contribution >= 0.6 is 11.8 Å². The Balaban J connectivity index is 1.71. The molecule has 0 N–H and O–H groups in total. The monoisotopic (exact) mass is 223 g/mol. The van der Waals surface area contributed by atoms with Crippen LogP contribution in [0.4, 0.5) is 0 Å². The van der Waals surface area contributed by atoms with E-state index in [4.69, 9.17) is 5.26 Å². The van der Waals surface area contributed by atoms with Crippen LogP contribution in [0.15, 0.2) is 0 Å². The van der Waals surface area contributed by atoms with Gasteiger partial charge in [0.1, 0.15) is 0 Å². The van der Waals surface area contributed by atoms with Gasteiger partial charge in [0.25, 0.3) is 0 Å². The van der Waals surface area contributed by atoms with E-state index in [1.54, 1.807) is 0 Å². The lowest BCUT2D eigenvalue weighted by Gasteiger charge is -2.27. The highest BCUT2D eigenvalue weighted by atomic mass is 32.2. The highest BCUT2D eigenvalue weighted by Gasteiger charge is 2.42. The molecule has 0 aromatic heterocycles. The minimum Gasteiger partial charge on any atom is -0.198 e. The van der Waals surface area contributed by atoms with E-state index < -0.39 is 0 Å². The van der Waals surface area contributed by atoms with Gasteiger partial charge in [0.2, 0.25) is 0 Å². The molecule has 0 aromatic rings. The summed E-state index contributed by atoms with van der Waals surface area (Å²) in [5, 5.41) is 9.66. The molecule has 0 aromatic carbocycles. The first-order valence-corrected chi connectivity index (χ1v) is 7.27. The van der Waals surface area contributed by atoms with Crippen molar-refractivity contribution in [3.63, 3.8) is 0 Å². The average molecular weight is 223 g/mol. The van der Waals surface area contributed by atoms with Crippen molar-refractivity contribution in [1.29, 1.82) is 5.26 Å². The second-order valence-electron chi connectivity index (χ2n) is 5.54. The predicted molar refractivity (Wildman–Crippen MR) is 65.8 cm³/mol. The van der Waals surface area contributed by atoms with Crippen LogP contribution in [0.1, 0.15) is 51.9 Å². The molecule has 0 bridgehead atoms. The van der Waals surface area contributed by atoms with E-state index in [9.17, 15) is 0 Å². The van der Waals surface area contributed by atoms with Crippen molar-refractivity contribution in [1.82, 2.24) is 0 Å². The second-order valence-corrected chi connectivity index (χ2v) is 6.83. The van der Waals surface area contributed by atoms with E-state index >= 15 is 0 Å². The summed E-state index contributed by atoms with van der Waals surface area (Å²) < 4.78 is 0. The molecule has 0 saturated heterocycles. The van der Waals surface area contributed by atoms with Crippen molar-refractivity contribution in [3.8, 4) is 6.07 Å². The summed E-state index contributed by atoms with van der Waals surface area (Å²) in [5.41, 5.74) is 0.445. The summed E-state index contributed by atoms with van der Waals surface area (Å²) in [6.45, 7) is 2.38. The molecule has 0 aliphatic heterocycles. The van der Waals surface area contributed by atoms with Crippen LogP contribution < -0.4 is 0 Å². The molecule has 2 aliphatic rings. The van der Waals surface area contributed by atoms with Crippen LogP contribution in [-0.4, -0.2) is 11.0 Å². The van der Waals surface area contributed by atoms with Crippen molar-refractivity contribution in [2.45, 2.75) is 57.1 Å². The largest absolute Gasteiger partial charge is 0.198 e. The quantitative estimate of drug-likeness (QED) is 0.719. The molecule has 2 unspecified atom stereocenters. The molecule has 0 spiro atoms. The van der Waals surface area contributed by atoms with Gasteiger partial charge in [-0.25, -0.2) is 0 Å². The third-order valence-corrected chi connectivity index (χ3v) is 5.60. The standard InChI is InChI=1S/C13H21NS/c1-11-3-2-4-12(9-11)15-10-13(5-6-13)7-8-14/h11-12H,2-7,9-10H2,1H3. The van der Waals surface area contributed by atoms with E-state index in [1.807, 2.05) is 0 Å². The van der Waals surface area contributed by atoms with Gasteiger partial charge < -0.3 is 0 Å². The van der Waals surface area contributed by atoms with Gasteiger partial charge in [-0.2, -0.15) is 17.0 Å². The van der Waals surface area contributed by atoms with Crippen molar-refractivity contribution in [2.75, 3.05) is 5.75 Å². The average Bonchev–Trinajstić information content (AvgIpc) is 2.97. The van der Waals surface area contributed by atoms with Crippen LogP contribution in [0, 0.1) is 22.7 Å². The Bertz CT molecular complexity index is 252. The lowest BCUT2D eigenvalue weighted by molar-refractivity contribution is 0.393. The Hall–Kier alpha value is -0.160. The lowest BCUT2D eigenvalue weighted by atomic mass is 9.91. The molecule has 2 saturated carbocycles. The fourth-order valence-corrected chi connectivity index (χ4v) is 4.32. The van der Waals surface area contributed by atoms with Gasteiger partial charge in [-0.3, -0.25) is 0 Å². The van der Waals surface area contributed by atoms with Gasteiger partial charge in [-0.05, 0) is 37.0 Å². The molecule has 0 amide bonds. The molecule has 2 aliphatic carbocycles. The molecule has 2 fully saturated rings. The normalized spacial score (nSPS) is 33.3. The number of hydrogen-bond donors (Lipinski definition) is 0. The summed E-state index contributed by atoms with van der Waals surface area (Å²) in [6.07, 6.45) is 9.07.